The second-order valence-electron chi connectivity index (χ2n) is 8.91. The Hall–Kier alpha value is -3.46. The number of amides is 1. The summed E-state index contributed by atoms with van der Waals surface area (Å²) in [6, 6.07) is 26.3. The zero-order valence-corrected chi connectivity index (χ0v) is 22.8. The van der Waals surface area contributed by atoms with Crippen LogP contribution in [-0.2, 0) is 29.2 Å². The van der Waals surface area contributed by atoms with Gasteiger partial charge in [0.2, 0.25) is 0 Å². The van der Waals surface area contributed by atoms with E-state index in [0.717, 1.165) is 58.6 Å². The van der Waals surface area contributed by atoms with Crippen molar-refractivity contribution in [3.63, 3.8) is 0 Å². The van der Waals surface area contributed by atoms with Crippen molar-refractivity contribution >= 4 is 46.3 Å². The molecule has 1 N–H and O–H groups in total. The van der Waals surface area contributed by atoms with E-state index in [-0.39, 0.29) is 10.2 Å². The van der Waals surface area contributed by atoms with Gasteiger partial charge in [0.25, 0.3) is 5.91 Å². The Balaban J connectivity index is 1.56. The number of ether oxygens (including phenoxy) is 1. The molecule has 0 unspecified atom stereocenters. The van der Waals surface area contributed by atoms with Crippen LogP contribution >= 0.6 is 24.0 Å². The van der Waals surface area contributed by atoms with E-state index in [1.54, 1.807) is 6.08 Å². The lowest BCUT2D eigenvalue weighted by molar-refractivity contribution is -0.140. The fourth-order valence-corrected chi connectivity index (χ4v) is 5.39. The highest BCUT2D eigenvalue weighted by atomic mass is 32.2. The molecule has 1 fully saturated rings. The minimum Gasteiger partial charge on any atom is -0.489 e. The zero-order chi connectivity index (χ0) is 26.9. The van der Waals surface area contributed by atoms with Gasteiger partial charge in [0.05, 0.1) is 4.91 Å². The third-order valence-corrected chi connectivity index (χ3v) is 7.56. The molecule has 1 heterocycles. The maximum absolute atomic E-state index is 12.8. The van der Waals surface area contributed by atoms with Crippen molar-refractivity contribution in [2.45, 2.75) is 26.5 Å². The molecule has 8 heteroatoms. The number of carbonyl (C=O) groups is 2. The fraction of sp³-hybridized carbons (Fsp3) is 0.233. The van der Waals surface area contributed by atoms with Gasteiger partial charge in [0.1, 0.15) is 23.2 Å². The summed E-state index contributed by atoms with van der Waals surface area (Å²) in [7, 11) is 0. The minimum absolute atomic E-state index is 0.254. The van der Waals surface area contributed by atoms with Gasteiger partial charge in [0.15, 0.2) is 0 Å². The summed E-state index contributed by atoms with van der Waals surface area (Å²) in [5.74, 6) is -0.686. The van der Waals surface area contributed by atoms with E-state index in [1.807, 2.05) is 54.6 Å². The van der Waals surface area contributed by atoms with E-state index in [0.29, 0.717) is 18.1 Å². The van der Waals surface area contributed by atoms with E-state index >= 15 is 0 Å². The summed E-state index contributed by atoms with van der Waals surface area (Å²) in [5.41, 5.74) is 4.23. The molecule has 1 aliphatic rings. The highest BCUT2D eigenvalue weighted by Gasteiger charge is 2.33. The molecule has 0 bridgehead atoms. The average molecular weight is 547 g/mol. The second-order valence-corrected chi connectivity index (χ2v) is 10.6. The van der Waals surface area contributed by atoms with E-state index < -0.39 is 12.5 Å². The van der Waals surface area contributed by atoms with Crippen molar-refractivity contribution in [2.75, 3.05) is 19.6 Å². The molecule has 38 heavy (non-hydrogen) atoms. The zero-order valence-electron chi connectivity index (χ0n) is 21.2. The van der Waals surface area contributed by atoms with Crippen LogP contribution in [0.2, 0.25) is 0 Å². The first-order chi connectivity index (χ1) is 18.4. The van der Waals surface area contributed by atoms with Crippen LogP contribution in [0.25, 0.3) is 6.08 Å². The third-order valence-electron chi connectivity index (χ3n) is 6.19. The topological polar surface area (TPSA) is 70.1 Å². The van der Waals surface area contributed by atoms with E-state index in [4.69, 9.17) is 22.1 Å². The van der Waals surface area contributed by atoms with Crippen molar-refractivity contribution in [1.82, 2.24) is 9.80 Å². The monoisotopic (exact) mass is 546 g/mol. The van der Waals surface area contributed by atoms with Crippen molar-refractivity contribution in [3.05, 3.63) is 106 Å². The number of thiocarbonyl (C=S) groups is 1. The number of likely N-dealkylation sites (N-methyl/N-ethyl adjacent to an activating group) is 1. The van der Waals surface area contributed by atoms with Crippen LogP contribution in [-0.4, -0.2) is 50.7 Å². The predicted octanol–water partition coefficient (Wildman–Crippen LogP) is 5.62. The Kier molecular flexibility index (Phi) is 9.70. The number of hydrogen-bond acceptors (Lipinski definition) is 6. The van der Waals surface area contributed by atoms with Crippen LogP contribution < -0.4 is 4.74 Å². The fourth-order valence-electron chi connectivity index (χ4n) is 4.13. The maximum Gasteiger partial charge on any atom is 0.323 e. The van der Waals surface area contributed by atoms with Gasteiger partial charge in [-0.05, 0) is 47.9 Å². The smallest absolute Gasteiger partial charge is 0.323 e. The second kappa shape index (κ2) is 13.4. The molecule has 0 aliphatic carbocycles. The molecule has 6 nitrogen and oxygen atoms in total. The van der Waals surface area contributed by atoms with Crippen LogP contribution in [0.15, 0.2) is 83.8 Å². The first-order valence-electron chi connectivity index (χ1n) is 12.5. The number of carboxylic acids is 1. The van der Waals surface area contributed by atoms with Crippen LogP contribution in [0.3, 0.4) is 0 Å². The number of rotatable bonds is 12. The highest BCUT2D eigenvalue weighted by Crippen LogP contribution is 2.33. The predicted molar refractivity (Wildman–Crippen MR) is 156 cm³/mol. The molecule has 0 aromatic heterocycles. The summed E-state index contributed by atoms with van der Waals surface area (Å²) < 4.78 is 6.50. The van der Waals surface area contributed by atoms with Crippen molar-refractivity contribution in [3.8, 4) is 5.75 Å². The van der Waals surface area contributed by atoms with E-state index in [1.165, 1.54) is 5.56 Å². The summed E-state index contributed by atoms with van der Waals surface area (Å²) in [6.07, 6.45) is 2.71. The molecule has 1 amide bonds. The number of aliphatic carboxylic acids is 1. The summed E-state index contributed by atoms with van der Waals surface area (Å²) in [6.45, 7) is 4.63. The SMILES string of the molecule is CCN(CCc1ccccc1)Cc1cc(/C=C2\SC(=S)N(CC(=O)O)C2=O)ccc1OCc1ccccc1. The number of carboxylic acid groups (broad SMARTS) is 1. The van der Waals surface area contributed by atoms with Crippen LogP contribution in [0, 0.1) is 0 Å². The lowest BCUT2D eigenvalue weighted by atomic mass is 10.1. The molecular weight excluding hydrogens is 516 g/mol. The lowest BCUT2D eigenvalue weighted by Gasteiger charge is -2.22. The molecule has 196 valence electrons. The molecule has 3 aromatic carbocycles. The van der Waals surface area contributed by atoms with Crippen molar-refractivity contribution < 1.29 is 19.4 Å². The lowest BCUT2D eigenvalue weighted by Crippen LogP contribution is -2.33. The van der Waals surface area contributed by atoms with Crippen LogP contribution in [0.5, 0.6) is 5.75 Å². The highest BCUT2D eigenvalue weighted by molar-refractivity contribution is 8.26. The Morgan fingerprint density at radius 2 is 1.74 bits per heavy atom. The van der Waals surface area contributed by atoms with Crippen molar-refractivity contribution in [1.29, 1.82) is 0 Å². The maximum atomic E-state index is 12.8. The van der Waals surface area contributed by atoms with Gasteiger partial charge in [-0.25, -0.2) is 0 Å². The quantitative estimate of drug-likeness (QED) is 0.234. The normalized spacial score (nSPS) is 14.5. The Bertz CT molecular complexity index is 1310. The average Bonchev–Trinajstić information content (AvgIpc) is 3.18. The van der Waals surface area contributed by atoms with Crippen molar-refractivity contribution in [2.24, 2.45) is 0 Å². The van der Waals surface area contributed by atoms with Crippen LogP contribution in [0.1, 0.15) is 29.2 Å². The van der Waals surface area contributed by atoms with Gasteiger partial charge in [-0.15, -0.1) is 0 Å². The van der Waals surface area contributed by atoms with Gasteiger partial charge in [0, 0.05) is 18.7 Å². The van der Waals surface area contributed by atoms with Gasteiger partial charge in [-0.2, -0.15) is 0 Å². The first kappa shape index (κ1) is 27.6. The van der Waals surface area contributed by atoms with Gasteiger partial charge in [-0.1, -0.05) is 97.6 Å². The standard InChI is InChI=1S/C30H30N2O4S2/c1-2-31(16-15-22-9-5-3-6-10-22)19-25-17-24(13-14-26(25)36-21-23-11-7-4-8-12-23)18-27-29(35)32(20-28(33)34)30(37)38-27/h3-14,17-18H,2,15-16,19-21H2,1H3,(H,33,34)/b27-18-. The number of benzene rings is 3. The van der Waals surface area contributed by atoms with E-state index in [2.05, 4.69) is 36.1 Å². The number of thioether (sulfide) groups is 1. The molecular formula is C30H30N2O4S2. The largest absolute Gasteiger partial charge is 0.489 e. The Morgan fingerprint density at radius 3 is 2.39 bits per heavy atom. The summed E-state index contributed by atoms with van der Waals surface area (Å²) >= 11 is 6.36. The molecule has 4 rings (SSSR count). The summed E-state index contributed by atoms with van der Waals surface area (Å²) in [4.78, 5) is 27.8. The third kappa shape index (κ3) is 7.54. The molecule has 0 saturated carbocycles. The van der Waals surface area contributed by atoms with Gasteiger partial charge in [-0.3, -0.25) is 19.4 Å². The Labute approximate surface area is 232 Å². The van der Waals surface area contributed by atoms with Gasteiger partial charge >= 0.3 is 5.97 Å². The number of nitrogens with zero attached hydrogens (tertiary/aromatic N) is 2. The number of hydrogen-bond donors (Lipinski definition) is 1. The summed E-state index contributed by atoms with van der Waals surface area (Å²) in [5, 5.41) is 9.11. The molecule has 0 spiro atoms. The minimum atomic E-state index is -1.10. The van der Waals surface area contributed by atoms with Crippen LogP contribution in [0.4, 0.5) is 0 Å². The molecule has 0 atom stereocenters. The molecule has 0 radical (unpaired) electrons. The Morgan fingerprint density at radius 1 is 1.05 bits per heavy atom. The number of carbonyl (C=O) groups excluding carboxylic acids is 1. The van der Waals surface area contributed by atoms with Gasteiger partial charge < -0.3 is 9.84 Å². The molecule has 1 saturated heterocycles. The van der Waals surface area contributed by atoms with E-state index in [9.17, 15) is 9.59 Å². The molecule has 3 aromatic rings. The first-order valence-corrected chi connectivity index (χ1v) is 13.7. The molecule has 1 aliphatic heterocycles.